The van der Waals surface area contributed by atoms with Gasteiger partial charge in [-0.25, -0.2) is 0 Å². The minimum Gasteiger partial charge on any atom is -0.494 e. The molecule has 0 aliphatic rings. The standard InChI is InChI=1S/C15H18N2O/c1-3-18-15-6-4-5-13(8-15)14-7-12(9-16-2)10-17-11-14/h4-8,10-11,16H,3,9H2,1-2H3. The van der Waals surface area contributed by atoms with Gasteiger partial charge in [-0.1, -0.05) is 12.1 Å². The van der Waals surface area contributed by atoms with Crippen LogP contribution in [0.5, 0.6) is 5.75 Å². The van der Waals surface area contributed by atoms with Crippen molar-refractivity contribution in [3.8, 4) is 16.9 Å². The first-order valence-corrected chi connectivity index (χ1v) is 6.15. The highest BCUT2D eigenvalue weighted by Gasteiger charge is 2.01. The van der Waals surface area contributed by atoms with E-state index in [1.54, 1.807) is 0 Å². The van der Waals surface area contributed by atoms with Crippen LogP contribution < -0.4 is 10.1 Å². The summed E-state index contributed by atoms with van der Waals surface area (Å²) in [6, 6.07) is 10.2. The molecule has 2 aromatic rings. The van der Waals surface area contributed by atoms with Crippen LogP contribution in [0.25, 0.3) is 11.1 Å². The SMILES string of the molecule is CCOc1cccc(-c2cncc(CNC)c2)c1. The maximum atomic E-state index is 5.51. The second kappa shape index (κ2) is 6.17. The molecule has 3 heteroatoms. The fourth-order valence-corrected chi connectivity index (χ4v) is 1.88. The Balaban J connectivity index is 2.29. The number of hydrogen-bond donors (Lipinski definition) is 1. The van der Waals surface area contributed by atoms with Gasteiger partial charge >= 0.3 is 0 Å². The average molecular weight is 242 g/mol. The largest absolute Gasteiger partial charge is 0.494 e. The third-order valence-corrected chi connectivity index (χ3v) is 2.65. The van der Waals surface area contributed by atoms with Crippen LogP contribution in [-0.4, -0.2) is 18.6 Å². The summed E-state index contributed by atoms with van der Waals surface area (Å²) in [5.41, 5.74) is 3.42. The van der Waals surface area contributed by atoms with Crippen LogP contribution in [0.2, 0.25) is 0 Å². The van der Waals surface area contributed by atoms with Crippen molar-refractivity contribution in [2.24, 2.45) is 0 Å². The maximum absolute atomic E-state index is 5.51. The molecule has 0 radical (unpaired) electrons. The first-order valence-electron chi connectivity index (χ1n) is 6.15. The summed E-state index contributed by atoms with van der Waals surface area (Å²) >= 11 is 0. The molecule has 0 spiro atoms. The van der Waals surface area contributed by atoms with Crippen LogP contribution in [0.15, 0.2) is 42.7 Å². The quantitative estimate of drug-likeness (QED) is 0.875. The number of nitrogens with one attached hydrogen (secondary N) is 1. The van der Waals surface area contributed by atoms with Crippen LogP contribution in [0, 0.1) is 0 Å². The molecule has 1 heterocycles. The molecule has 0 aliphatic carbocycles. The van der Waals surface area contributed by atoms with Crippen molar-refractivity contribution >= 4 is 0 Å². The molecule has 94 valence electrons. The van der Waals surface area contributed by atoms with Crippen molar-refractivity contribution in [1.29, 1.82) is 0 Å². The Hall–Kier alpha value is -1.87. The number of ether oxygens (including phenoxy) is 1. The van der Waals surface area contributed by atoms with Gasteiger partial charge in [0, 0.05) is 24.5 Å². The summed E-state index contributed by atoms with van der Waals surface area (Å²) in [6.45, 7) is 3.50. The second-order valence-electron chi connectivity index (χ2n) is 4.07. The van der Waals surface area contributed by atoms with E-state index in [1.807, 2.05) is 44.6 Å². The maximum Gasteiger partial charge on any atom is 0.119 e. The van der Waals surface area contributed by atoms with E-state index in [0.717, 1.165) is 23.4 Å². The van der Waals surface area contributed by atoms with Gasteiger partial charge in [-0.3, -0.25) is 4.98 Å². The minimum absolute atomic E-state index is 0.682. The molecule has 0 atom stereocenters. The monoisotopic (exact) mass is 242 g/mol. The van der Waals surface area contributed by atoms with E-state index in [9.17, 15) is 0 Å². The average Bonchev–Trinajstić information content (AvgIpc) is 2.40. The molecule has 0 fully saturated rings. The first-order chi connectivity index (χ1) is 8.83. The van der Waals surface area contributed by atoms with E-state index in [0.29, 0.717) is 6.61 Å². The lowest BCUT2D eigenvalue weighted by Crippen LogP contribution is -2.05. The summed E-state index contributed by atoms with van der Waals surface area (Å²) in [4.78, 5) is 4.27. The van der Waals surface area contributed by atoms with E-state index >= 15 is 0 Å². The zero-order valence-electron chi connectivity index (χ0n) is 10.8. The molecule has 0 unspecified atom stereocenters. The zero-order chi connectivity index (χ0) is 12.8. The fourth-order valence-electron chi connectivity index (χ4n) is 1.88. The molecule has 1 aromatic heterocycles. The van der Waals surface area contributed by atoms with E-state index in [4.69, 9.17) is 4.74 Å². The summed E-state index contributed by atoms with van der Waals surface area (Å²) in [5, 5.41) is 3.13. The number of aromatic nitrogens is 1. The predicted molar refractivity (Wildman–Crippen MR) is 73.6 cm³/mol. The van der Waals surface area contributed by atoms with Crippen LogP contribution in [-0.2, 0) is 6.54 Å². The van der Waals surface area contributed by atoms with Crippen molar-refractivity contribution in [3.05, 3.63) is 48.3 Å². The van der Waals surface area contributed by atoms with Crippen molar-refractivity contribution in [2.75, 3.05) is 13.7 Å². The highest BCUT2D eigenvalue weighted by atomic mass is 16.5. The van der Waals surface area contributed by atoms with E-state index in [1.165, 1.54) is 5.56 Å². The van der Waals surface area contributed by atoms with Gasteiger partial charge in [-0.05, 0) is 43.3 Å². The molecule has 0 saturated heterocycles. The highest BCUT2D eigenvalue weighted by molar-refractivity contribution is 5.64. The Kier molecular flexibility index (Phi) is 4.31. The normalized spacial score (nSPS) is 10.3. The molecule has 3 nitrogen and oxygen atoms in total. The molecule has 0 amide bonds. The summed E-state index contributed by atoms with van der Waals surface area (Å²) in [7, 11) is 1.93. The Labute approximate surface area is 108 Å². The molecule has 0 saturated carbocycles. The molecular formula is C15H18N2O. The lowest BCUT2D eigenvalue weighted by atomic mass is 10.1. The molecule has 1 N–H and O–H groups in total. The topological polar surface area (TPSA) is 34.1 Å². The third-order valence-electron chi connectivity index (χ3n) is 2.65. The zero-order valence-corrected chi connectivity index (χ0v) is 10.8. The van der Waals surface area contributed by atoms with Gasteiger partial charge in [0.1, 0.15) is 5.75 Å². The third kappa shape index (κ3) is 3.08. The molecule has 0 bridgehead atoms. The Morgan fingerprint density at radius 3 is 2.83 bits per heavy atom. The Bertz CT molecular complexity index is 464. The van der Waals surface area contributed by atoms with Crippen molar-refractivity contribution in [3.63, 3.8) is 0 Å². The van der Waals surface area contributed by atoms with E-state index < -0.39 is 0 Å². The van der Waals surface area contributed by atoms with Gasteiger partial charge in [0.25, 0.3) is 0 Å². The number of nitrogens with zero attached hydrogens (tertiary/aromatic N) is 1. The molecule has 2 rings (SSSR count). The van der Waals surface area contributed by atoms with E-state index in [-0.39, 0.29) is 0 Å². The van der Waals surface area contributed by atoms with Gasteiger partial charge in [0.2, 0.25) is 0 Å². The molecular weight excluding hydrogens is 224 g/mol. The highest BCUT2D eigenvalue weighted by Crippen LogP contribution is 2.23. The van der Waals surface area contributed by atoms with Gasteiger partial charge in [0.05, 0.1) is 6.61 Å². The molecule has 0 aliphatic heterocycles. The van der Waals surface area contributed by atoms with Gasteiger partial charge in [-0.15, -0.1) is 0 Å². The smallest absolute Gasteiger partial charge is 0.119 e. The Morgan fingerprint density at radius 2 is 2.06 bits per heavy atom. The van der Waals surface area contributed by atoms with Crippen LogP contribution in [0.3, 0.4) is 0 Å². The van der Waals surface area contributed by atoms with Gasteiger partial charge < -0.3 is 10.1 Å². The second-order valence-corrected chi connectivity index (χ2v) is 4.07. The minimum atomic E-state index is 0.682. The van der Waals surface area contributed by atoms with Crippen molar-refractivity contribution in [2.45, 2.75) is 13.5 Å². The number of benzene rings is 1. The van der Waals surface area contributed by atoms with Gasteiger partial charge in [0.15, 0.2) is 0 Å². The number of hydrogen-bond acceptors (Lipinski definition) is 3. The van der Waals surface area contributed by atoms with Crippen molar-refractivity contribution < 1.29 is 4.74 Å². The molecule has 1 aromatic carbocycles. The van der Waals surface area contributed by atoms with Crippen molar-refractivity contribution in [1.82, 2.24) is 10.3 Å². The lowest BCUT2D eigenvalue weighted by Gasteiger charge is -2.07. The van der Waals surface area contributed by atoms with E-state index in [2.05, 4.69) is 22.4 Å². The van der Waals surface area contributed by atoms with Crippen LogP contribution in [0.4, 0.5) is 0 Å². The van der Waals surface area contributed by atoms with Gasteiger partial charge in [-0.2, -0.15) is 0 Å². The summed E-state index contributed by atoms with van der Waals surface area (Å²) in [6.07, 6.45) is 3.76. The summed E-state index contributed by atoms with van der Waals surface area (Å²) < 4.78 is 5.51. The summed E-state index contributed by atoms with van der Waals surface area (Å²) in [5.74, 6) is 0.897. The van der Waals surface area contributed by atoms with Crippen LogP contribution >= 0.6 is 0 Å². The Morgan fingerprint density at radius 1 is 1.17 bits per heavy atom. The predicted octanol–water partition coefficient (Wildman–Crippen LogP) is 2.87. The molecule has 18 heavy (non-hydrogen) atoms. The number of rotatable bonds is 5. The fraction of sp³-hybridized carbons (Fsp3) is 0.267. The first kappa shape index (κ1) is 12.6. The lowest BCUT2D eigenvalue weighted by molar-refractivity contribution is 0.340. The number of pyridine rings is 1. The van der Waals surface area contributed by atoms with Crippen LogP contribution in [0.1, 0.15) is 12.5 Å².